The highest BCUT2D eigenvalue weighted by atomic mass is 16.6. The molecule has 0 bridgehead atoms. The van der Waals surface area contributed by atoms with Crippen LogP contribution in [0.25, 0.3) is 0 Å². The fraction of sp³-hybridized carbons (Fsp3) is 0.526. The lowest BCUT2D eigenvalue weighted by molar-refractivity contribution is -0.146. The molecule has 8 heteroatoms. The van der Waals surface area contributed by atoms with E-state index in [1.54, 1.807) is 24.3 Å². The number of carbonyl (C=O) groups excluding carboxylic acids is 2. The Bertz CT molecular complexity index is 555. The molecule has 150 valence electrons. The standard InChI is InChI=1S/C19H26O8/c20-15-16-5-7-17(8-6-16)26-13-11-24-9-10-25-12-14-27-19(23)4-2-1-3-18(21)22/h5-8,15H,1-4,9-14H2,(H,21,22). The van der Waals surface area contributed by atoms with Gasteiger partial charge in [-0.25, -0.2) is 0 Å². The number of carboxylic acid groups (broad SMARTS) is 1. The zero-order valence-corrected chi connectivity index (χ0v) is 15.3. The van der Waals surface area contributed by atoms with Gasteiger partial charge in [-0.3, -0.25) is 14.4 Å². The van der Waals surface area contributed by atoms with Crippen molar-refractivity contribution in [1.82, 2.24) is 0 Å². The number of hydrogen-bond donors (Lipinski definition) is 1. The monoisotopic (exact) mass is 382 g/mol. The van der Waals surface area contributed by atoms with Crippen molar-refractivity contribution in [3.8, 4) is 5.75 Å². The molecule has 0 saturated carbocycles. The molecular weight excluding hydrogens is 356 g/mol. The molecule has 1 aromatic rings. The molecular formula is C19H26O8. The lowest BCUT2D eigenvalue weighted by Crippen LogP contribution is -2.14. The Morgan fingerprint density at radius 3 is 2.07 bits per heavy atom. The minimum atomic E-state index is -0.862. The minimum absolute atomic E-state index is 0.0634. The van der Waals surface area contributed by atoms with Crippen LogP contribution in [-0.2, 0) is 23.8 Å². The zero-order chi connectivity index (χ0) is 19.7. The molecule has 0 aliphatic carbocycles. The van der Waals surface area contributed by atoms with Gasteiger partial charge in [-0.1, -0.05) is 0 Å². The van der Waals surface area contributed by atoms with Crippen molar-refractivity contribution in [2.45, 2.75) is 25.7 Å². The van der Waals surface area contributed by atoms with E-state index in [1.165, 1.54) is 0 Å². The van der Waals surface area contributed by atoms with Gasteiger partial charge in [-0.05, 0) is 37.1 Å². The smallest absolute Gasteiger partial charge is 0.305 e. The van der Waals surface area contributed by atoms with E-state index >= 15 is 0 Å². The van der Waals surface area contributed by atoms with E-state index in [1.807, 2.05) is 0 Å². The third-order valence-electron chi connectivity index (χ3n) is 3.40. The molecule has 0 saturated heterocycles. The summed E-state index contributed by atoms with van der Waals surface area (Å²) in [6.07, 6.45) is 2.02. The number of aliphatic carboxylic acids is 1. The summed E-state index contributed by atoms with van der Waals surface area (Å²) in [6.45, 7) is 2.02. The molecule has 0 unspecified atom stereocenters. The summed E-state index contributed by atoms with van der Waals surface area (Å²) in [7, 11) is 0. The fourth-order valence-electron chi connectivity index (χ4n) is 2.02. The van der Waals surface area contributed by atoms with Crippen LogP contribution in [0.4, 0.5) is 0 Å². The third kappa shape index (κ3) is 12.5. The Labute approximate surface area is 158 Å². The van der Waals surface area contributed by atoms with E-state index < -0.39 is 5.97 Å². The first kappa shape index (κ1) is 22.6. The summed E-state index contributed by atoms with van der Waals surface area (Å²) < 4.78 is 21.1. The number of carboxylic acids is 1. The van der Waals surface area contributed by atoms with Crippen LogP contribution in [0.1, 0.15) is 36.0 Å². The molecule has 0 heterocycles. The Morgan fingerprint density at radius 1 is 0.852 bits per heavy atom. The van der Waals surface area contributed by atoms with Crippen LogP contribution in [0.2, 0.25) is 0 Å². The summed E-state index contributed by atoms with van der Waals surface area (Å²) in [5, 5.41) is 8.48. The highest BCUT2D eigenvalue weighted by Crippen LogP contribution is 2.10. The topological polar surface area (TPSA) is 108 Å². The summed E-state index contributed by atoms with van der Waals surface area (Å²) in [4.78, 5) is 32.2. The third-order valence-corrected chi connectivity index (χ3v) is 3.40. The predicted molar refractivity (Wildman–Crippen MR) is 96.0 cm³/mol. The van der Waals surface area contributed by atoms with Gasteiger partial charge in [0.1, 0.15) is 25.2 Å². The molecule has 1 rings (SSSR count). The van der Waals surface area contributed by atoms with Crippen LogP contribution < -0.4 is 4.74 Å². The predicted octanol–water partition coefficient (Wildman–Crippen LogP) is 2.10. The van der Waals surface area contributed by atoms with Gasteiger partial charge in [0.15, 0.2) is 0 Å². The lowest BCUT2D eigenvalue weighted by Gasteiger charge is -2.08. The molecule has 0 radical (unpaired) electrons. The van der Waals surface area contributed by atoms with Gasteiger partial charge in [0, 0.05) is 18.4 Å². The largest absolute Gasteiger partial charge is 0.491 e. The van der Waals surface area contributed by atoms with Crippen LogP contribution >= 0.6 is 0 Å². The second kappa shape index (κ2) is 14.7. The molecule has 0 aromatic heterocycles. The number of hydrogen-bond acceptors (Lipinski definition) is 7. The van der Waals surface area contributed by atoms with E-state index in [2.05, 4.69) is 0 Å². The number of benzene rings is 1. The number of aldehydes is 1. The molecule has 1 aromatic carbocycles. The number of esters is 1. The maximum atomic E-state index is 11.4. The van der Waals surface area contributed by atoms with Gasteiger partial charge in [-0.15, -0.1) is 0 Å². The normalized spacial score (nSPS) is 10.4. The van der Waals surface area contributed by atoms with Gasteiger partial charge in [0.25, 0.3) is 0 Å². The van der Waals surface area contributed by atoms with Crippen molar-refractivity contribution in [2.24, 2.45) is 0 Å². The first-order valence-corrected chi connectivity index (χ1v) is 8.83. The first-order valence-electron chi connectivity index (χ1n) is 8.83. The molecule has 0 aliphatic heterocycles. The van der Waals surface area contributed by atoms with Crippen molar-refractivity contribution in [3.63, 3.8) is 0 Å². The minimum Gasteiger partial charge on any atom is -0.491 e. The van der Waals surface area contributed by atoms with Gasteiger partial charge >= 0.3 is 11.9 Å². The molecule has 0 fully saturated rings. The first-order chi connectivity index (χ1) is 13.1. The van der Waals surface area contributed by atoms with E-state index in [0.29, 0.717) is 50.6 Å². The van der Waals surface area contributed by atoms with Crippen LogP contribution in [0.15, 0.2) is 24.3 Å². The van der Waals surface area contributed by atoms with Crippen molar-refractivity contribution in [1.29, 1.82) is 0 Å². The van der Waals surface area contributed by atoms with Crippen LogP contribution in [0.5, 0.6) is 5.75 Å². The Kier molecular flexibility index (Phi) is 12.3. The molecule has 0 spiro atoms. The van der Waals surface area contributed by atoms with Crippen molar-refractivity contribution >= 4 is 18.2 Å². The summed E-state index contributed by atoms with van der Waals surface area (Å²) in [6, 6.07) is 6.81. The molecule has 0 atom stereocenters. The number of rotatable bonds is 16. The second-order valence-corrected chi connectivity index (χ2v) is 5.58. The van der Waals surface area contributed by atoms with Crippen LogP contribution in [-0.4, -0.2) is 63.0 Å². The quantitative estimate of drug-likeness (QED) is 0.263. The van der Waals surface area contributed by atoms with Gasteiger partial charge in [0.05, 0.1) is 26.4 Å². The Morgan fingerprint density at radius 2 is 1.44 bits per heavy atom. The van der Waals surface area contributed by atoms with E-state index in [4.69, 9.17) is 24.1 Å². The molecule has 1 N–H and O–H groups in total. The summed E-state index contributed by atoms with van der Waals surface area (Å²) >= 11 is 0. The molecule has 0 amide bonds. The maximum Gasteiger partial charge on any atom is 0.305 e. The summed E-state index contributed by atoms with van der Waals surface area (Å²) in [5.41, 5.74) is 0.597. The van der Waals surface area contributed by atoms with Crippen molar-refractivity contribution in [3.05, 3.63) is 29.8 Å². The average molecular weight is 382 g/mol. The van der Waals surface area contributed by atoms with Gasteiger partial charge in [-0.2, -0.15) is 0 Å². The highest BCUT2D eigenvalue weighted by Gasteiger charge is 2.04. The summed E-state index contributed by atoms with van der Waals surface area (Å²) in [5.74, 6) is -0.539. The van der Waals surface area contributed by atoms with Gasteiger partial charge < -0.3 is 24.1 Å². The Balaban J connectivity index is 1.86. The Hall–Kier alpha value is -2.45. The zero-order valence-electron chi connectivity index (χ0n) is 15.3. The SMILES string of the molecule is O=Cc1ccc(OCCOCCOCCOC(=O)CCCCC(=O)O)cc1. The second-order valence-electron chi connectivity index (χ2n) is 5.58. The highest BCUT2D eigenvalue weighted by molar-refractivity contribution is 5.74. The van der Waals surface area contributed by atoms with E-state index in [9.17, 15) is 14.4 Å². The van der Waals surface area contributed by atoms with Crippen molar-refractivity contribution < 1.29 is 38.4 Å². The average Bonchev–Trinajstić information content (AvgIpc) is 2.67. The van der Waals surface area contributed by atoms with Crippen LogP contribution in [0.3, 0.4) is 0 Å². The van der Waals surface area contributed by atoms with E-state index in [0.717, 1.165) is 6.29 Å². The molecule has 8 nitrogen and oxygen atoms in total. The molecule has 27 heavy (non-hydrogen) atoms. The number of unbranched alkanes of at least 4 members (excludes halogenated alkanes) is 1. The van der Waals surface area contributed by atoms with Crippen molar-refractivity contribution in [2.75, 3.05) is 39.6 Å². The number of carbonyl (C=O) groups is 3. The van der Waals surface area contributed by atoms with E-state index in [-0.39, 0.29) is 32.0 Å². The number of ether oxygens (including phenoxy) is 4. The molecule has 0 aliphatic rings. The fourth-order valence-corrected chi connectivity index (χ4v) is 2.02. The maximum absolute atomic E-state index is 11.4. The van der Waals surface area contributed by atoms with Gasteiger partial charge in [0.2, 0.25) is 0 Å². The lowest BCUT2D eigenvalue weighted by atomic mass is 10.2. The van der Waals surface area contributed by atoms with Crippen LogP contribution in [0, 0.1) is 0 Å².